The number of benzene rings is 3. The first-order valence-corrected chi connectivity index (χ1v) is 12.1. The molecule has 2 saturated heterocycles. The fourth-order valence-electron chi connectivity index (χ4n) is 4.63. The van der Waals surface area contributed by atoms with Gasteiger partial charge in [0.15, 0.2) is 0 Å². The number of hydrogen-bond acceptors (Lipinski definition) is 6. The van der Waals surface area contributed by atoms with Gasteiger partial charge in [0.25, 0.3) is 11.8 Å². The van der Waals surface area contributed by atoms with Gasteiger partial charge < -0.3 is 10.6 Å². The van der Waals surface area contributed by atoms with Gasteiger partial charge in [0.05, 0.1) is 36.3 Å². The summed E-state index contributed by atoms with van der Waals surface area (Å²) >= 11 is 0. The number of nitrogens with one attached hydrogen (secondary N) is 2. The van der Waals surface area contributed by atoms with Crippen molar-refractivity contribution in [2.24, 2.45) is 0 Å². The zero-order valence-electron chi connectivity index (χ0n) is 20.2. The molecule has 2 aliphatic heterocycles. The monoisotopic (exact) mass is 518 g/mol. The van der Waals surface area contributed by atoms with E-state index in [9.17, 15) is 28.0 Å². The Morgan fingerprint density at radius 3 is 1.34 bits per heavy atom. The minimum Gasteiger partial charge on any atom is -0.301 e. The fraction of sp³-hybridized carbons (Fsp3) is 0.214. The van der Waals surface area contributed by atoms with Gasteiger partial charge in [-0.1, -0.05) is 36.4 Å². The molecule has 0 aromatic heterocycles. The highest BCUT2D eigenvalue weighted by Gasteiger charge is 2.41. The zero-order chi connectivity index (χ0) is 26.8. The Bertz CT molecular complexity index is 1310. The number of carbonyl (C=O) groups excluding carboxylic acids is 4. The summed E-state index contributed by atoms with van der Waals surface area (Å²) in [6.45, 7) is 0.183. The van der Waals surface area contributed by atoms with Gasteiger partial charge in [-0.05, 0) is 36.4 Å². The maximum Gasteiger partial charge on any atom is 0.251 e. The fourth-order valence-corrected chi connectivity index (χ4v) is 4.63. The van der Waals surface area contributed by atoms with Gasteiger partial charge in [-0.25, -0.2) is 18.6 Å². The predicted octanol–water partition coefficient (Wildman–Crippen LogP) is 2.81. The smallest absolute Gasteiger partial charge is 0.251 e. The van der Waals surface area contributed by atoms with E-state index in [1.807, 2.05) is 0 Å². The number of anilines is 2. The lowest BCUT2D eigenvalue weighted by Gasteiger charge is -2.19. The van der Waals surface area contributed by atoms with E-state index in [2.05, 4.69) is 10.6 Å². The van der Waals surface area contributed by atoms with Crippen molar-refractivity contribution in [3.05, 3.63) is 95.6 Å². The van der Waals surface area contributed by atoms with Crippen LogP contribution in [0.4, 0.5) is 20.2 Å². The molecule has 2 N–H and O–H groups in total. The Hall–Kier alpha value is -4.28. The van der Waals surface area contributed by atoms with Crippen LogP contribution >= 0.6 is 0 Å². The van der Waals surface area contributed by atoms with Crippen molar-refractivity contribution >= 4 is 35.0 Å². The maximum atomic E-state index is 13.9. The second kappa shape index (κ2) is 10.6. The first kappa shape index (κ1) is 25.4. The summed E-state index contributed by atoms with van der Waals surface area (Å²) in [5.41, 5.74) is 1.37. The third-order valence-electron chi connectivity index (χ3n) is 6.65. The van der Waals surface area contributed by atoms with Crippen LogP contribution in [0.1, 0.15) is 24.0 Å². The Morgan fingerprint density at radius 2 is 0.974 bits per heavy atom. The van der Waals surface area contributed by atoms with E-state index in [1.54, 1.807) is 36.4 Å². The normalized spacial score (nSPS) is 19.6. The average Bonchev–Trinajstić information content (AvgIpc) is 3.36. The molecule has 194 valence electrons. The highest BCUT2D eigenvalue weighted by molar-refractivity contribution is 6.24. The summed E-state index contributed by atoms with van der Waals surface area (Å²) in [5.74, 6) is -2.58. The van der Waals surface area contributed by atoms with Gasteiger partial charge in [-0.3, -0.25) is 19.2 Å². The van der Waals surface area contributed by atoms with E-state index < -0.39 is 47.3 Å². The average molecular weight is 519 g/mol. The number of halogens is 2. The Labute approximate surface area is 217 Å². The van der Waals surface area contributed by atoms with Crippen molar-refractivity contribution in [3.8, 4) is 0 Å². The number of imide groups is 2. The lowest BCUT2D eigenvalue weighted by atomic mass is 10.2. The van der Waals surface area contributed by atoms with Crippen molar-refractivity contribution < 1.29 is 28.0 Å². The lowest BCUT2D eigenvalue weighted by molar-refractivity contribution is -0.123. The Morgan fingerprint density at radius 1 is 0.605 bits per heavy atom. The third kappa shape index (κ3) is 4.96. The largest absolute Gasteiger partial charge is 0.301 e. The van der Waals surface area contributed by atoms with Crippen LogP contribution in [0.25, 0.3) is 0 Å². The molecular formula is C28H24F2N4O4. The van der Waals surface area contributed by atoms with Crippen LogP contribution in [-0.2, 0) is 32.3 Å². The van der Waals surface area contributed by atoms with Crippen LogP contribution in [0, 0.1) is 11.6 Å². The van der Waals surface area contributed by atoms with Crippen molar-refractivity contribution in [3.63, 3.8) is 0 Å². The molecule has 0 spiro atoms. The summed E-state index contributed by atoms with van der Waals surface area (Å²) in [4.78, 5) is 53.1. The number of carbonyl (C=O) groups is 4. The molecule has 0 bridgehead atoms. The molecule has 3 aromatic rings. The van der Waals surface area contributed by atoms with Gasteiger partial charge in [-0.2, -0.15) is 0 Å². The maximum absolute atomic E-state index is 13.9. The standard InChI is InChI=1S/C28H24F2N4O4/c29-21-7-3-1-5-17(21)15-31-23-13-25(35)33(27(23)37)19-9-11-20(12-10-19)34-26(36)14-24(28(34)38)32-16-18-6-2-4-8-22(18)30/h1-12,23-24,31-32H,13-16H2/t23-,24+. The van der Waals surface area contributed by atoms with Crippen molar-refractivity contribution in [2.45, 2.75) is 38.0 Å². The van der Waals surface area contributed by atoms with E-state index >= 15 is 0 Å². The molecule has 10 heteroatoms. The van der Waals surface area contributed by atoms with E-state index in [-0.39, 0.29) is 25.9 Å². The van der Waals surface area contributed by atoms with Crippen LogP contribution in [0.15, 0.2) is 72.8 Å². The molecule has 38 heavy (non-hydrogen) atoms. The summed E-state index contributed by atoms with van der Waals surface area (Å²) in [5, 5.41) is 5.88. The first-order valence-electron chi connectivity index (χ1n) is 12.1. The van der Waals surface area contributed by atoms with E-state index in [0.29, 0.717) is 22.5 Å². The van der Waals surface area contributed by atoms with Gasteiger partial charge in [0, 0.05) is 24.2 Å². The molecular weight excluding hydrogens is 494 g/mol. The number of amides is 4. The summed E-state index contributed by atoms with van der Waals surface area (Å²) in [6.07, 6.45) is -0.152. The lowest BCUT2D eigenvalue weighted by Crippen LogP contribution is -2.39. The van der Waals surface area contributed by atoms with Gasteiger partial charge >= 0.3 is 0 Å². The minimum atomic E-state index is -0.801. The number of rotatable bonds is 8. The van der Waals surface area contributed by atoms with Gasteiger partial charge in [0.2, 0.25) is 11.8 Å². The second-order valence-electron chi connectivity index (χ2n) is 9.11. The third-order valence-corrected chi connectivity index (χ3v) is 6.65. The second-order valence-corrected chi connectivity index (χ2v) is 9.11. The molecule has 5 rings (SSSR count). The molecule has 0 aliphatic carbocycles. The molecule has 3 aromatic carbocycles. The van der Waals surface area contributed by atoms with Gasteiger partial charge in [-0.15, -0.1) is 0 Å². The number of hydrogen-bond donors (Lipinski definition) is 2. The molecule has 2 atom stereocenters. The topological polar surface area (TPSA) is 98.8 Å². The Kier molecular flexibility index (Phi) is 7.08. The van der Waals surface area contributed by atoms with Crippen LogP contribution < -0.4 is 20.4 Å². The van der Waals surface area contributed by atoms with Crippen LogP contribution in [-0.4, -0.2) is 35.7 Å². The SMILES string of the molecule is O=C1C[C@H](NCc2ccccc2F)C(=O)N1c1ccc(N2C(=O)C[C@@H](NCc3ccccc3F)C2=O)cc1. The summed E-state index contributed by atoms with van der Waals surface area (Å²) in [7, 11) is 0. The molecule has 2 fully saturated rings. The minimum absolute atomic E-state index is 0.0759. The Balaban J connectivity index is 1.23. The number of nitrogens with zero attached hydrogens (tertiary/aromatic N) is 2. The quantitative estimate of drug-likeness (QED) is 0.445. The van der Waals surface area contributed by atoms with Crippen LogP contribution in [0.5, 0.6) is 0 Å². The van der Waals surface area contributed by atoms with E-state index in [0.717, 1.165) is 9.80 Å². The van der Waals surface area contributed by atoms with Crippen LogP contribution in [0.2, 0.25) is 0 Å². The highest BCUT2D eigenvalue weighted by atomic mass is 19.1. The summed E-state index contributed by atoms with van der Waals surface area (Å²) < 4.78 is 27.8. The van der Waals surface area contributed by atoms with Crippen molar-refractivity contribution in [2.75, 3.05) is 9.80 Å². The van der Waals surface area contributed by atoms with Crippen LogP contribution in [0.3, 0.4) is 0 Å². The van der Waals surface area contributed by atoms with Crippen molar-refractivity contribution in [1.82, 2.24) is 10.6 Å². The molecule has 8 nitrogen and oxygen atoms in total. The summed E-state index contributed by atoms with van der Waals surface area (Å²) in [6, 6.07) is 16.7. The van der Waals surface area contributed by atoms with Crippen molar-refractivity contribution in [1.29, 1.82) is 0 Å². The molecule has 2 aliphatic rings. The molecule has 2 heterocycles. The molecule has 0 saturated carbocycles. The molecule has 4 amide bonds. The van der Waals surface area contributed by atoms with Gasteiger partial charge in [0.1, 0.15) is 11.6 Å². The highest BCUT2D eigenvalue weighted by Crippen LogP contribution is 2.29. The van der Waals surface area contributed by atoms with E-state index in [4.69, 9.17) is 0 Å². The zero-order valence-corrected chi connectivity index (χ0v) is 20.2. The molecule has 0 unspecified atom stereocenters. The predicted molar refractivity (Wildman–Crippen MR) is 135 cm³/mol. The first-order chi connectivity index (χ1) is 18.3. The molecule has 0 radical (unpaired) electrons. The van der Waals surface area contributed by atoms with E-state index in [1.165, 1.54) is 36.4 Å².